The Kier molecular flexibility index (Phi) is 3.49. The molecular formula is C19H18N2O3. The number of amides is 1. The Labute approximate surface area is 139 Å². The maximum Gasteiger partial charge on any atom is 0.255 e. The molecule has 5 heteroatoms. The van der Waals surface area contributed by atoms with Gasteiger partial charge in [0, 0.05) is 25.0 Å². The van der Waals surface area contributed by atoms with Crippen molar-refractivity contribution in [1.29, 1.82) is 0 Å². The van der Waals surface area contributed by atoms with E-state index >= 15 is 0 Å². The minimum atomic E-state index is -0.175. The number of furan rings is 1. The van der Waals surface area contributed by atoms with Crippen molar-refractivity contribution in [3.05, 3.63) is 70.4 Å². The average molecular weight is 322 g/mol. The molecule has 1 aliphatic rings. The normalized spacial score (nSPS) is 17.5. The summed E-state index contributed by atoms with van der Waals surface area (Å²) in [7, 11) is 1.72. The molecule has 1 fully saturated rings. The zero-order valence-corrected chi connectivity index (χ0v) is 13.4. The van der Waals surface area contributed by atoms with E-state index in [4.69, 9.17) is 4.42 Å². The van der Waals surface area contributed by atoms with Crippen molar-refractivity contribution in [2.75, 3.05) is 6.54 Å². The van der Waals surface area contributed by atoms with Gasteiger partial charge in [-0.3, -0.25) is 9.59 Å². The van der Waals surface area contributed by atoms with Gasteiger partial charge in [-0.2, -0.15) is 0 Å². The number of hydrogen-bond acceptors (Lipinski definition) is 3. The molecule has 2 aromatic heterocycles. The summed E-state index contributed by atoms with van der Waals surface area (Å²) in [6.45, 7) is 0.674. The summed E-state index contributed by atoms with van der Waals surface area (Å²) < 4.78 is 7.07. The van der Waals surface area contributed by atoms with Crippen LogP contribution in [0.15, 0.2) is 57.9 Å². The molecule has 5 nitrogen and oxygen atoms in total. The minimum absolute atomic E-state index is 0.0599. The largest absolute Gasteiger partial charge is 0.467 e. The second kappa shape index (κ2) is 5.67. The summed E-state index contributed by atoms with van der Waals surface area (Å²) >= 11 is 0. The van der Waals surface area contributed by atoms with Gasteiger partial charge in [-0.25, -0.2) is 0 Å². The number of carbonyl (C=O) groups is 1. The van der Waals surface area contributed by atoms with Crippen LogP contribution in [0.5, 0.6) is 0 Å². The first kappa shape index (κ1) is 14.8. The highest BCUT2D eigenvalue weighted by Crippen LogP contribution is 2.34. The van der Waals surface area contributed by atoms with E-state index in [1.54, 1.807) is 17.9 Å². The lowest BCUT2D eigenvalue weighted by atomic mass is 10.1. The van der Waals surface area contributed by atoms with E-state index in [2.05, 4.69) is 0 Å². The van der Waals surface area contributed by atoms with Crippen LogP contribution in [0, 0.1) is 0 Å². The molecule has 0 N–H and O–H groups in total. The van der Waals surface area contributed by atoms with Gasteiger partial charge in [0.15, 0.2) is 0 Å². The van der Waals surface area contributed by atoms with Crippen LogP contribution in [0.1, 0.15) is 35.0 Å². The molecule has 0 aliphatic carbocycles. The quantitative estimate of drug-likeness (QED) is 0.728. The standard InChI is InChI=1S/C19H18N2O3/c1-20-15-7-3-2-6-13(15)14(12-18(20)22)19(23)21-10-4-8-16(21)17-9-5-11-24-17/h2-3,5-7,9,11-12,16H,4,8,10H2,1H3. The van der Waals surface area contributed by atoms with Crippen molar-refractivity contribution in [1.82, 2.24) is 9.47 Å². The van der Waals surface area contributed by atoms with Gasteiger partial charge in [0.05, 0.1) is 23.4 Å². The number of nitrogens with zero attached hydrogens (tertiary/aromatic N) is 2. The van der Waals surface area contributed by atoms with Crippen molar-refractivity contribution in [2.24, 2.45) is 7.05 Å². The van der Waals surface area contributed by atoms with Crippen molar-refractivity contribution in [3.8, 4) is 0 Å². The van der Waals surface area contributed by atoms with Gasteiger partial charge >= 0.3 is 0 Å². The number of pyridine rings is 1. The maximum atomic E-state index is 13.2. The van der Waals surface area contributed by atoms with E-state index in [-0.39, 0.29) is 17.5 Å². The molecule has 0 spiro atoms. The highest BCUT2D eigenvalue weighted by atomic mass is 16.3. The molecule has 0 radical (unpaired) electrons. The summed E-state index contributed by atoms with van der Waals surface area (Å²) in [5, 5.41) is 0.801. The molecule has 1 aromatic carbocycles. The second-order valence-electron chi connectivity index (χ2n) is 6.14. The third-order valence-electron chi connectivity index (χ3n) is 4.77. The molecule has 1 amide bonds. The van der Waals surface area contributed by atoms with Crippen LogP contribution in [-0.4, -0.2) is 21.9 Å². The fraction of sp³-hybridized carbons (Fsp3) is 0.263. The molecule has 1 aliphatic heterocycles. The van der Waals surface area contributed by atoms with Crippen LogP contribution in [0.3, 0.4) is 0 Å². The monoisotopic (exact) mass is 322 g/mol. The molecule has 4 rings (SSSR count). The van der Waals surface area contributed by atoms with E-state index in [1.807, 2.05) is 41.3 Å². The number of aromatic nitrogens is 1. The molecule has 3 heterocycles. The Morgan fingerprint density at radius 1 is 1.21 bits per heavy atom. The molecule has 1 atom stereocenters. The van der Waals surface area contributed by atoms with Crippen LogP contribution < -0.4 is 5.56 Å². The lowest BCUT2D eigenvalue weighted by Crippen LogP contribution is -2.32. The van der Waals surface area contributed by atoms with Gasteiger partial charge in [0.25, 0.3) is 11.5 Å². The Bertz CT molecular complexity index is 956. The predicted molar refractivity (Wildman–Crippen MR) is 90.9 cm³/mol. The molecule has 122 valence electrons. The van der Waals surface area contributed by atoms with E-state index in [9.17, 15) is 9.59 Å². The number of aryl methyl sites for hydroxylation is 1. The fourth-order valence-electron chi connectivity index (χ4n) is 3.53. The first-order chi connectivity index (χ1) is 11.7. The van der Waals surface area contributed by atoms with Crippen molar-refractivity contribution >= 4 is 16.8 Å². The van der Waals surface area contributed by atoms with Crippen molar-refractivity contribution < 1.29 is 9.21 Å². The number of fused-ring (bicyclic) bond motifs is 1. The molecular weight excluding hydrogens is 304 g/mol. The molecule has 1 unspecified atom stereocenters. The lowest BCUT2D eigenvalue weighted by Gasteiger charge is -2.24. The summed E-state index contributed by atoms with van der Waals surface area (Å²) in [4.78, 5) is 27.2. The van der Waals surface area contributed by atoms with Crippen molar-refractivity contribution in [2.45, 2.75) is 18.9 Å². The topological polar surface area (TPSA) is 55.5 Å². The van der Waals surface area contributed by atoms with Gasteiger partial charge in [0.1, 0.15) is 5.76 Å². The number of para-hydroxylation sites is 1. The smallest absolute Gasteiger partial charge is 0.255 e. The third kappa shape index (κ3) is 2.24. The second-order valence-corrected chi connectivity index (χ2v) is 6.14. The number of likely N-dealkylation sites (tertiary alicyclic amines) is 1. The van der Waals surface area contributed by atoms with Crippen LogP contribution >= 0.6 is 0 Å². The zero-order valence-electron chi connectivity index (χ0n) is 13.4. The number of hydrogen-bond donors (Lipinski definition) is 0. The Morgan fingerprint density at radius 2 is 2.04 bits per heavy atom. The summed E-state index contributed by atoms with van der Waals surface area (Å²) in [6, 6.07) is 12.6. The number of rotatable bonds is 2. The Hall–Kier alpha value is -2.82. The lowest BCUT2D eigenvalue weighted by molar-refractivity contribution is 0.0721. The number of benzene rings is 1. The summed E-state index contributed by atoms with van der Waals surface area (Å²) in [6.07, 6.45) is 3.44. The first-order valence-electron chi connectivity index (χ1n) is 8.10. The third-order valence-corrected chi connectivity index (χ3v) is 4.77. The fourth-order valence-corrected chi connectivity index (χ4v) is 3.53. The minimum Gasteiger partial charge on any atom is -0.467 e. The van der Waals surface area contributed by atoms with Gasteiger partial charge < -0.3 is 13.9 Å². The molecule has 1 saturated heterocycles. The summed E-state index contributed by atoms with van der Waals surface area (Å²) in [5.41, 5.74) is 1.06. The predicted octanol–water partition coefficient (Wildman–Crippen LogP) is 3.11. The van der Waals surface area contributed by atoms with Gasteiger partial charge in [-0.05, 0) is 31.0 Å². The van der Waals surface area contributed by atoms with Crippen LogP contribution in [0.4, 0.5) is 0 Å². The first-order valence-corrected chi connectivity index (χ1v) is 8.10. The van der Waals surface area contributed by atoms with Crippen molar-refractivity contribution in [3.63, 3.8) is 0 Å². The van der Waals surface area contributed by atoms with E-state index in [1.165, 1.54) is 6.07 Å². The van der Waals surface area contributed by atoms with Gasteiger partial charge in [-0.1, -0.05) is 18.2 Å². The highest BCUT2D eigenvalue weighted by molar-refractivity contribution is 6.06. The van der Waals surface area contributed by atoms with Crippen LogP contribution in [0.2, 0.25) is 0 Å². The Balaban J connectivity index is 1.81. The summed E-state index contributed by atoms with van der Waals surface area (Å²) in [5.74, 6) is 0.691. The molecule has 24 heavy (non-hydrogen) atoms. The molecule has 3 aromatic rings. The van der Waals surface area contributed by atoms with Crippen LogP contribution in [0.25, 0.3) is 10.9 Å². The van der Waals surface area contributed by atoms with E-state index in [0.717, 1.165) is 29.5 Å². The molecule has 0 saturated carbocycles. The average Bonchev–Trinajstić information content (AvgIpc) is 3.28. The highest BCUT2D eigenvalue weighted by Gasteiger charge is 2.33. The van der Waals surface area contributed by atoms with E-state index in [0.29, 0.717) is 12.1 Å². The maximum absolute atomic E-state index is 13.2. The SMILES string of the molecule is Cn1c(=O)cc(C(=O)N2CCCC2c2ccco2)c2ccccc21. The van der Waals surface area contributed by atoms with Crippen LogP contribution in [-0.2, 0) is 7.05 Å². The van der Waals surface area contributed by atoms with Gasteiger partial charge in [-0.15, -0.1) is 0 Å². The van der Waals surface area contributed by atoms with Gasteiger partial charge in [0.2, 0.25) is 0 Å². The van der Waals surface area contributed by atoms with E-state index < -0.39 is 0 Å². The molecule has 0 bridgehead atoms. The zero-order chi connectivity index (χ0) is 16.7. The Morgan fingerprint density at radius 3 is 2.83 bits per heavy atom. The number of carbonyl (C=O) groups excluding carboxylic acids is 1.